The molecule has 0 atom stereocenters. The first kappa shape index (κ1) is 10.6. The second-order valence-corrected chi connectivity index (χ2v) is 2.77. The Labute approximate surface area is 80.8 Å². The van der Waals surface area contributed by atoms with Gasteiger partial charge in [-0.2, -0.15) is 0 Å². The van der Waals surface area contributed by atoms with Crippen molar-refractivity contribution in [2.24, 2.45) is 0 Å². The quantitative estimate of drug-likeness (QED) is 0.479. The third kappa shape index (κ3) is 1.37. The molecule has 0 nitrogen and oxygen atoms in total. The summed E-state index contributed by atoms with van der Waals surface area (Å²) in [6, 6.07) is 0. The van der Waals surface area contributed by atoms with E-state index in [4.69, 9.17) is 6.42 Å². The summed E-state index contributed by atoms with van der Waals surface area (Å²) in [5, 5.41) is 0. The standard InChI is InChI=1S/C11H8F3/c1-4-7-6(3)9(12)11(14)8(5-2)10(7)13/h2H,3-4H2,1H3. The molecule has 0 N–H and O–H groups in total. The predicted molar refractivity (Wildman–Crippen MR) is 48.1 cm³/mol. The first-order valence-corrected chi connectivity index (χ1v) is 4.02. The Morgan fingerprint density at radius 2 is 1.79 bits per heavy atom. The first-order chi connectivity index (χ1) is 6.54. The van der Waals surface area contributed by atoms with Gasteiger partial charge in [-0.15, -0.1) is 6.42 Å². The van der Waals surface area contributed by atoms with Crippen LogP contribution in [0.5, 0.6) is 0 Å². The second kappa shape index (κ2) is 3.75. The molecule has 0 spiro atoms. The first-order valence-electron chi connectivity index (χ1n) is 4.02. The molecule has 0 aromatic heterocycles. The maximum Gasteiger partial charge on any atom is 0.177 e. The lowest BCUT2D eigenvalue weighted by atomic mass is 10.0. The molecule has 0 saturated heterocycles. The fraction of sp³-hybridized carbons (Fsp3) is 0.182. The Morgan fingerprint density at radius 1 is 1.21 bits per heavy atom. The van der Waals surface area contributed by atoms with E-state index in [1.54, 1.807) is 12.8 Å². The predicted octanol–water partition coefficient (Wildman–Crippen LogP) is 2.83. The van der Waals surface area contributed by atoms with Gasteiger partial charge in [-0.1, -0.05) is 12.8 Å². The molecule has 1 radical (unpaired) electrons. The lowest BCUT2D eigenvalue weighted by Gasteiger charge is -2.09. The van der Waals surface area contributed by atoms with Crippen LogP contribution in [-0.4, -0.2) is 0 Å². The van der Waals surface area contributed by atoms with Gasteiger partial charge in [0.2, 0.25) is 0 Å². The summed E-state index contributed by atoms with van der Waals surface area (Å²) in [6.07, 6.45) is 5.10. The molecule has 0 heterocycles. The van der Waals surface area contributed by atoms with Gasteiger partial charge in [0.05, 0.1) is 5.56 Å². The van der Waals surface area contributed by atoms with Gasteiger partial charge in [-0.25, -0.2) is 13.2 Å². The number of benzene rings is 1. The maximum absolute atomic E-state index is 13.4. The number of halogens is 3. The molecule has 0 amide bonds. The van der Waals surface area contributed by atoms with Crippen molar-refractivity contribution in [2.45, 2.75) is 13.3 Å². The number of hydrogen-bond acceptors (Lipinski definition) is 0. The zero-order valence-electron chi connectivity index (χ0n) is 7.63. The summed E-state index contributed by atoms with van der Waals surface area (Å²) >= 11 is 0. The molecule has 73 valence electrons. The van der Waals surface area contributed by atoms with Gasteiger partial charge in [0, 0.05) is 0 Å². The van der Waals surface area contributed by atoms with Crippen LogP contribution in [0.2, 0.25) is 0 Å². The molecule has 1 aromatic carbocycles. The lowest BCUT2D eigenvalue weighted by Crippen LogP contribution is -2.04. The molecular weight excluding hydrogens is 189 g/mol. The summed E-state index contributed by atoms with van der Waals surface area (Å²) in [5.41, 5.74) is -0.898. The van der Waals surface area contributed by atoms with Crippen LogP contribution in [0.1, 0.15) is 23.6 Å². The average molecular weight is 197 g/mol. The molecular formula is C11H8F3. The average Bonchev–Trinajstić information content (AvgIpc) is 2.16. The zero-order valence-corrected chi connectivity index (χ0v) is 7.63. The topological polar surface area (TPSA) is 0 Å². The van der Waals surface area contributed by atoms with Crippen molar-refractivity contribution >= 4 is 0 Å². The second-order valence-electron chi connectivity index (χ2n) is 2.77. The smallest absolute Gasteiger partial charge is 0.177 e. The molecule has 1 aromatic rings. The Bertz CT molecular complexity index is 411. The van der Waals surface area contributed by atoms with Crippen molar-refractivity contribution in [2.75, 3.05) is 0 Å². The summed E-state index contributed by atoms with van der Waals surface area (Å²) in [5.74, 6) is -1.61. The van der Waals surface area contributed by atoms with Crippen LogP contribution < -0.4 is 0 Å². The minimum Gasteiger partial charge on any atom is -0.205 e. The van der Waals surface area contributed by atoms with E-state index in [2.05, 4.69) is 6.92 Å². The molecule has 3 heteroatoms. The van der Waals surface area contributed by atoms with Crippen LogP contribution in [0, 0.1) is 36.7 Å². The van der Waals surface area contributed by atoms with E-state index < -0.39 is 23.0 Å². The van der Waals surface area contributed by atoms with Crippen molar-refractivity contribution in [1.29, 1.82) is 0 Å². The van der Waals surface area contributed by atoms with Gasteiger partial charge in [0.25, 0.3) is 0 Å². The van der Waals surface area contributed by atoms with E-state index in [0.717, 1.165) is 0 Å². The summed E-state index contributed by atoms with van der Waals surface area (Å²) in [6.45, 7) is 4.88. The van der Waals surface area contributed by atoms with E-state index in [1.807, 2.05) is 0 Å². The summed E-state index contributed by atoms with van der Waals surface area (Å²) in [7, 11) is 0. The fourth-order valence-electron chi connectivity index (χ4n) is 1.25. The van der Waals surface area contributed by atoms with Gasteiger partial charge in [-0.05, 0) is 24.5 Å². The van der Waals surface area contributed by atoms with E-state index in [-0.39, 0.29) is 17.5 Å². The SMILES string of the molecule is C#Cc1c(F)c(F)c([CH2])c(CC)c1F. The van der Waals surface area contributed by atoms with Gasteiger partial charge >= 0.3 is 0 Å². The highest BCUT2D eigenvalue weighted by atomic mass is 19.2. The van der Waals surface area contributed by atoms with Gasteiger partial charge < -0.3 is 0 Å². The normalized spacial score (nSPS) is 10.0. The van der Waals surface area contributed by atoms with Crippen molar-refractivity contribution in [3.05, 3.63) is 41.1 Å². The largest absolute Gasteiger partial charge is 0.205 e. The summed E-state index contributed by atoms with van der Waals surface area (Å²) in [4.78, 5) is 0. The monoisotopic (exact) mass is 197 g/mol. The Kier molecular flexibility index (Phi) is 2.85. The van der Waals surface area contributed by atoms with Crippen LogP contribution in [0.3, 0.4) is 0 Å². The lowest BCUT2D eigenvalue weighted by molar-refractivity contribution is 0.483. The Morgan fingerprint density at radius 3 is 2.21 bits per heavy atom. The minimum absolute atomic E-state index is 0.0249. The molecule has 0 unspecified atom stereocenters. The highest BCUT2D eigenvalue weighted by Crippen LogP contribution is 2.24. The minimum atomic E-state index is -1.34. The molecule has 0 bridgehead atoms. The van der Waals surface area contributed by atoms with Crippen molar-refractivity contribution < 1.29 is 13.2 Å². The van der Waals surface area contributed by atoms with Crippen LogP contribution in [-0.2, 0) is 6.42 Å². The van der Waals surface area contributed by atoms with E-state index in [1.165, 1.54) is 0 Å². The highest BCUT2D eigenvalue weighted by Gasteiger charge is 2.20. The van der Waals surface area contributed by atoms with E-state index in [0.29, 0.717) is 0 Å². The van der Waals surface area contributed by atoms with Gasteiger partial charge in [0.1, 0.15) is 5.82 Å². The fourth-order valence-corrected chi connectivity index (χ4v) is 1.25. The Balaban J connectivity index is 3.67. The third-order valence-electron chi connectivity index (χ3n) is 2.02. The van der Waals surface area contributed by atoms with Crippen molar-refractivity contribution in [3.63, 3.8) is 0 Å². The van der Waals surface area contributed by atoms with Crippen molar-refractivity contribution in [1.82, 2.24) is 0 Å². The zero-order chi connectivity index (χ0) is 10.9. The Hall–Kier alpha value is -1.43. The number of hydrogen-bond donors (Lipinski definition) is 0. The van der Waals surface area contributed by atoms with E-state index in [9.17, 15) is 13.2 Å². The van der Waals surface area contributed by atoms with E-state index >= 15 is 0 Å². The van der Waals surface area contributed by atoms with Crippen LogP contribution in [0.15, 0.2) is 0 Å². The number of rotatable bonds is 1. The van der Waals surface area contributed by atoms with Crippen LogP contribution >= 0.6 is 0 Å². The summed E-state index contributed by atoms with van der Waals surface area (Å²) < 4.78 is 39.5. The van der Waals surface area contributed by atoms with Crippen molar-refractivity contribution in [3.8, 4) is 12.3 Å². The maximum atomic E-state index is 13.4. The van der Waals surface area contributed by atoms with Crippen LogP contribution in [0.4, 0.5) is 13.2 Å². The van der Waals surface area contributed by atoms with Gasteiger partial charge in [-0.3, -0.25) is 0 Å². The number of terminal acetylenes is 1. The van der Waals surface area contributed by atoms with Crippen LogP contribution in [0.25, 0.3) is 0 Å². The molecule has 14 heavy (non-hydrogen) atoms. The molecule has 0 aliphatic heterocycles. The highest BCUT2D eigenvalue weighted by molar-refractivity contribution is 5.44. The molecule has 0 aliphatic rings. The third-order valence-corrected chi connectivity index (χ3v) is 2.02. The molecule has 0 aliphatic carbocycles. The van der Waals surface area contributed by atoms with Gasteiger partial charge in [0.15, 0.2) is 11.6 Å². The molecule has 0 fully saturated rings. The molecule has 0 saturated carbocycles. The molecule has 1 rings (SSSR count).